The normalized spacial score (nSPS) is 18.9. The van der Waals surface area contributed by atoms with Crippen LogP contribution in [0.1, 0.15) is 49.7 Å². The number of rotatable bonds is 8. The van der Waals surface area contributed by atoms with Gasteiger partial charge in [-0.1, -0.05) is 38.1 Å². The van der Waals surface area contributed by atoms with Crippen LogP contribution in [-0.4, -0.2) is 39.6 Å². The van der Waals surface area contributed by atoms with Gasteiger partial charge in [0.05, 0.1) is 11.6 Å². The third kappa shape index (κ3) is 4.92. The molecule has 1 aliphatic heterocycles. The topological polar surface area (TPSA) is 49.4 Å². The molecule has 1 N–H and O–H groups in total. The molecule has 4 nitrogen and oxygen atoms in total. The SMILES string of the molecule is CCCN1CCC(c2ccc(NS(=O)(=O)c3ccc([C@H](C)CF)cc3)cc2)C1. The van der Waals surface area contributed by atoms with E-state index in [0.717, 1.165) is 31.6 Å². The molecule has 0 aliphatic carbocycles. The van der Waals surface area contributed by atoms with Gasteiger partial charge in [0, 0.05) is 18.2 Å². The quantitative estimate of drug-likeness (QED) is 0.690. The van der Waals surface area contributed by atoms with Crippen molar-refractivity contribution in [3.63, 3.8) is 0 Å². The van der Waals surface area contributed by atoms with Gasteiger partial charge in [-0.2, -0.15) is 0 Å². The highest BCUT2D eigenvalue weighted by molar-refractivity contribution is 7.92. The first-order valence-corrected chi connectivity index (χ1v) is 11.4. The maximum atomic E-state index is 12.8. The summed E-state index contributed by atoms with van der Waals surface area (Å²) in [5, 5.41) is 0. The number of hydrogen-bond acceptors (Lipinski definition) is 3. The van der Waals surface area contributed by atoms with E-state index in [9.17, 15) is 12.8 Å². The Labute approximate surface area is 167 Å². The molecule has 0 amide bonds. The molecular formula is C22H29FN2O2S. The Morgan fingerprint density at radius 3 is 2.43 bits per heavy atom. The van der Waals surface area contributed by atoms with Gasteiger partial charge >= 0.3 is 0 Å². The number of likely N-dealkylation sites (tertiary alicyclic amines) is 1. The van der Waals surface area contributed by atoms with Crippen LogP contribution in [0, 0.1) is 0 Å². The van der Waals surface area contributed by atoms with Gasteiger partial charge in [0.2, 0.25) is 0 Å². The zero-order chi connectivity index (χ0) is 20.1. The highest BCUT2D eigenvalue weighted by Gasteiger charge is 2.23. The summed E-state index contributed by atoms with van der Waals surface area (Å²) in [5.74, 6) is 0.281. The van der Waals surface area contributed by atoms with Crippen molar-refractivity contribution >= 4 is 15.7 Å². The van der Waals surface area contributed by atoms with Crippen LogP contribution in [0.2, 0.25) is 0 Å². The molecule has 3 rings (SSSR count). The Balaban J connectivity index is 1.66. The minimum Gasteiger partial charge on any atom is -0.303 e. The van der Waals surface area contributed by atoms with Crippen molar-refractivity contribution in [3.8, 4) is 0 Å². The van der Waals surface area contributed by atoms with E-state index in [1.807, 2.05) is 24.3 Å². The number of halogens is 1. The van der Waals surface area contributed by atoms with Gasteiger partial charge in [0.1, 0.15) is 0 Å². The van der Waals surface area contributed by atoms with Gasteiger partial charge < -0.3 is 4.90 Å². The average Bonchev–Trinajstić information content (AvgIpc) is 3.17. The van der Waals surface area contributed by atoms with E-state index in [2.05, 4.69) is 16.5 Å². The van der Waals surface area contributed by atoms with E-state index in [1.54, 1.807) is 19.1 Å². The summed E-state index contributed by atoms with van der Waals surface area (Å²) < 4.78 is 40.6. The lowest BCUT2D eigenvalue weighted by Crippen LogP contribution is -2.20. The van der Waals surface area contributed by atoms with E-state index < -0.39 is 16.7 Å². The van der Waals surface area contributed by atoms with E-state index in [-0.39, 0.29) is 10.8 Å². The fourth-order valence-electron chi connectivity index (χ4n) is 3.73. The largest absolute Gasteiger partial charge is 0.303 e. The van der Waals surface area contributed by atoms with Gasteiger partial charge in [0.25, 0.3) is 10.0 Å². The molecule has 0 bridgehead atoms. The smallest absolute Gasteiger partial charge is 0.261 e. The van der Waals surface area contributed by atoms with Gasteiger partial charge in [-0.25, -0.2) is 8.42 Å². The second kappa shape index (κ2) is 9.05. The predicted octanol–water partition coefficient (Wildman–Crippen LogP) is 4.76. The summed E-state index contributed by atoms with van der Waals surface area (Å²) in [7, 11) is -3.66. The molecule has 28 heavy (non-hydrogen) atoms. The zero-order valence-corrected chi connectivity index (χ0v) is 17.4. The lowest BCUT2D eigenvalue weighted by atomic mass is 9.98. The second-order valence-electron chi connectivity index (χ2n) is 7.64. The van der Waals surface area contributed by atoms with E-state index >= 15 is 0 Å². The molecule has 2 aromatic carbocycles. The first-order chi connectivity index (χ1) is 13.4. The standard InChI is InChI=1S/C22H29FN2O2S/c1-3-13-25-14-12-20(16-25)19-4-8-21(9-5-19)24-28(26,27)22-10-6-18(7-11-22)17(2)15-23/h4-11,17,20,24H,3,12-16H2,1-2H3/t17-,20?/m1/s1. The third-order valence-electron chi connectivity index (χ3n) is 5.44. The molecule has 2 atom stereocenters. The summed E-state index contributed by atoms with van der Waals surface area (Å²) in [4.78, 5) is 2.66. The maximum Gasteiger partial charge on any atom is 0.261 e. The molecule has 6 heteroatoms. The average molecular weight is 405 g/mol. The van der Waals surface area contributed by atoms with Crippen molar-refractivity contribution in [3.05, 3.63) is 59.7 Å². The Kier molecular flexibility index (Phi) is 6.73. The molecule has 1 aliphatic rings. The Morgan fingerprint density at radius 1 is 1.14 bits per heavy atom. The molecule has 1 saturated heterocycles. The highest BCUT2D eigenvalue weighted by atomic mass is 32.2. The number of hydrogen-bond donors (Lipinski definition) is 1. The highest BCUT2D eigenvalue weighted by Crippen LogP contribution is 2.28. The Bertz CT molecular complexity index is 866. The Hall–Kier alpha value is -1.92. The minimum atomic E-state index is -3.66. The number of anilines is 1. The van der Waals surface area contributed by atoms with Crippen LogP contribution in [0.5, 0.6) is 0 Å². The van der Waals surface area contributed by atoms with E-state index in [0.29, 0.717) is 11.6 Å². The minimum absolute atomic E-state index is 0.178. The second-order valence-corrected chi connectivity index (χ2v) is 9.32. The Morgan fingerprint density at radius 2 is 1.82 bits per heavy atom. The van der Waals surface area contributed by atoms with Crippen molar-refractivity contribution in [2.24, 2.45) is 0 Å². The molecule has 0 spiro atoms. The van der Waals surface area contributed by atoms with Gasteiger partial charge in [-0.15, -0.1) is 0 Å². The van der Waals surface area contributed by atoms with Crippen molar-refractivity contribution in [2.75, 3.05) is 31.0 Å². The molecule has 0 saturated carbocycles. The number of alkyl halides is 1. The van der Waals surface area contributed by atoms with Crippen molar-refractivity contribution in [1.29, 1.82) is 0 Å². The number of sulfonamides is 1. The van der Waals surface area contributed by atoms with Crippen LogP contribution >= 0.6 is 0 Å². The van der Waals surface area contributed by atoms with Crippen LogP contribution in [0.3, 0.4) is 0 Å². The molecule has 1 fully saturated rings. The molecular weight excluding hydrogens is 375 g/mol. The predicted molar refractivity (Wildman–Crippen MR) is 112 cm³/mol. The van der Waals surface area contributed by atoms with E-state index in [4.69, 9.17) is 0 Å². The fraction of sp³-hybridized carbons (Fsp3) is 0.455. The van der Waals surface area contributed by atoms with Crippen LogP contribution in [0.15, 0.2) is 53.4 Å². The zero-order valence-electron chi connectivity index (χ0n) is 16.6. The first kappa shape index (κ1) is 20.8. The lowest BCUT2D eigenvalue weighted by molar-refractivity contribution is 0.335. The van der Waals surface area contributed by atoms with Crippen molar-refractivity contribution in [1.82, 2.24) is 4.90 Å². The third-order valence-corrected chi connectivity index (χ3v) is 6.83. The fourth-order valence-corrected chi connectivity index (χ4v) is 4.78. The number of nitrogens with one attached hydrogen (secondary N) is 1. The molecule has 0 radical (unpaired) electrons. The summed E-state index contributed by atoms with van der Waals surface area (Å²) in [5.41, 5.74) is 2.60. The summed E-state index contributed by atoms with van der Waals surface area (Å²) in [6.45, 7) is 6.84. The summed E-state index contributed by atoms with van der Waals surface area (Å²) in [6.07, 6.45) is 2.32. The molecule has 1 unspecified atom stereocenters. The van der Waals surface area contributed by atoms with Crippen molar-refractivity contribution in [2.45, 2.75) is 43.4 Å². The van der Waals surface area contributed by atoms with Gasteiger partial charge in [0.15, 0.2) is 0 Å². The van der Waals surface area contributed by atoms with Gasteiger partial charge in [-0.3, -0.25) is 9.11 Å². The van der Waals surface area contributed by atoms with Crippen LogP contribution in [0.25, 0.3) is 0 Å². The molecule has 152 valence electrons. The summed E-state index contributed by atoms with van der Waals surface area (Å²) in [6, 6.07) is 14.1. The first-order valence-electron chi connectivity index (χ1n) is 9.94. The molecule has 2 aromatic rings. The maximum absolute atomic E-state index is 12.8. The van der Waals surface area contributed by atoms with Crippen molar-refractivity contribution < 1.29 is 12.8 Å². The van der Waals surface area contributed by atoms with Gasteiger partial charge in [-0.05, 0) is 67.2 Å². The van der Waals surface area contributed by atoms with Crippen LogP contribution in [-0.2, 0) is 10.0 Å². The lowest BCUT2D eigenvalue weighted by Gasteiger charge is -2.15. The molecule has 1 heterocycles. The number of benzene rings is 2. The monoisotopic (exact) mass is 404 g/mol. The van der Waals surface area contributed by atoms with Crippen LogP contribution < -0.4 is 4.72 Å². The number of nitrogens with zero attached hydrogens (tertiary/aromatic N) is 1. The molecule has 0 aromatic heterocycles. The summed E-state index contributed by atoms with van der Waals surface area (Å²) >= 11 is 0. The van der Waals surface area contributed by atoms with Crippen LogP contribution in [0.4, 0.5) is 10.1 Å². The van der Waals surface area contributed by atoms with E-state index in [1.165, 1.54) is 24.1 Å².